The van der Waals surface area contributed by atoms with Gasteiger partial charge in [0.15, 0.2) is 0 Å². The van der Waals surface area contributed by atoms with Crippen LogP contribution < -0.4 is 15.4 Å². The van der Waals surface area contributed by atoms with Crippen molar-refractivity contribution in [2.75, 3.05) is 26.7 Å². The van der Waals surface area contributed by atoms with Gasteiger partial charge in [-0.2, -0.15) is 0 Å². The van der Waals surface area contributed by atoms with Gasteiger partial charge in [0.05, 0.1) is 7.11 Å². The van der Waals surface area contributed by atoms with Gasteiger partial charge in [0.2, 0.25) is 0 Å². The van der Waals surface area contributed by atoms with E-state index in [4.69, 9.17) is 4.74 Å². The van der Waals surface area contributed by atoms with E-state index in [-0.39, 0.29) is 24.8 Å². The zero-order valence-corrected chi connectivity index (χ0v) is 10.9. The van der Waals surface area contributed by atoms with Gasteiger partial charge in [0.1, 0.15) is 5.75 Å². The highest BCUT2D eigenvalue weighted by molar-refractivity contribution is 5.85. The number of halogens is 2. The summed E-state index contributed by atoms with van der Waals surface area (Å²) >= 11 is 0. The van der Waals surface area contributed by atoms with Crippen molar-refractivity contribution in [2.45, 2.75) is 6.04 Å². The molecule has 0 amide bonds. The minimum absolute atomic E-state index is 0. The molecule has 0 aromatic heterocycles. The third-order valence-corrected chi connectivity index (χ3v) is 2.54. The lowest BCUT2D eigenvalue weighted by molar-refractivity contribution is 0.407. The van der Waals surface area contributed by atoms with E-state index in [2.05, 4.69) is 22.8 Å². The summed E-state index contributed by atoms with van der Waals surface area (Å²) in [5, 5.41) is 6.84. The number of ether oxygens (including phenoxy) is 1. The molecule has 3 nitrogen and oxygen atoms in total. The fraction of sp³-hybridized carbons (Fsp3) is 0.455. The van der Waals surface area contributed by atoms with E-state index in [0.29, 0.717) is 6.04 Å². The van der Waals surface area contributed by atoms with Gasteiger partial charge < -0.3 is 15.4 Å². The summed E-state index contributed by atoms with van der Waals surface area (Å²) in [5.41, 5.74) is 1.29. The Kier molecular flexibility index (Phi) is 7.51. The highest BCUT2D eigenvalue weighted by Crippen LogP contribution is 2.19. The van der Waals surface area contributed by atoms with Crippen molar-refractivity contribution in [3.05, 3.63) is 29.8 Å². The van der Waals surface area contributed by atoms with Crippen LogP contribution >= 0.6 is 24.8 Å². The fourth-order valence-electron chi connectivity index (χ4n) is 1.75. The van der Waals surface area contributed by atoms with E-state index in [9.17, 15) is 0 Å². The Morgan fingerprint density at radius 2 is 2.06 bits per heavy atom. The normalized spacial score (nSPS) is 19.2. The quantitative estimate of drug-likeness (QED) is 0.855. The van der Waals surface area contributed by atoms with E-state index < -0.39 is 0 Å². The molecule has 1 fully saturated rings. The largest absolute Gasteiger partial charge is 0.497 e. The minimum atomic E-state index is 0. The topological polar surface area (TPSA) is 33.3 Å². The average molecular weight is 265 g/mol. The second-order valence-electron chi connectivity index (χ2n) is 3.49. The Hall–Kier alpha value is -0.480. The Labute approximate surface area is 109 Å². The minimum Gasteiger partial charge on any atom is -0.497 e. The molecule has 1 unspecified atom stereocenters. The predicted molar refractivity (Wildman–Crippen MR) is 71.1 cm³/mol. The standard InChI is InChI=1S/C11H16N2O.2ClH/c1-14-10-4-2-3-9(7-10)11-8-12-5-6-13-11;;/h2-4,7,11-13H,5-6,8H2,1H3;2*1H. The van der Waals surface area contributed by atoms with Crippen LogP contribution in [-0.2, 0) is 0 Å². The fourth-order valence-corrected chi connectivity index (χ4v) is 1.75. The Bertz CT molecular complexity index is 304. The van der Waals surface area contributed by atoms with Crippen LogP contribution in [-0.4, -0.2) is 26.7 Å². The van der Waals surface area contributed by atoms with E-state index >= 15 is 0 Å². The number of piperazine rings is 1. The zero-order valence-electron chi connectivity index (χ0n) is 9.23. The second kappa shape index (κ2) is 7.74. The van der Waals surface area contributed by atoms with Crippen LogP contribution in [0, 0.1) is 0 Å². The van der Waals surface area contributed by atoms with Crippen LogP contribution in [0.25, 0.3) is 0 Å². The van der Waals surface area contributed by atoms with E-state index in [1.807, 2.05) is 12.1 Å². The molecule has 1 saturated heterocycles. The molecule has 1 aliphatic rings. The maximum atomic E-state index is 5.20. The number of hydrogen-bond donors (Lipinski definition) is 2. The number of methoxy groups -OCH3 is 1. The first-order valence-electron chi connectivity index (χ1n) is 4.98. The van der Waals surface area contributed by atoms with Gasteiger partial charge in [-0.15, -0.1) is 24.8 Å². The SMILES string of the molecule is COc1cccc(C2CNCCN2)c1.Cl.Cl. The molecule has 0 saturated carbocycles. The smallest absolute Gasteiger partial charge is 0.119 e. The molecule has 1 aromatic rings. The maximum Gasteiger partial charge on any atom is 0.119 e. The van der Waals surface area contributed by atoms with Crippen LogP contribution in [0.3, 0.4) is 0 Å². The summed E-state index contributed by atoms with van der Waals surface area (Å²) < 4.78 is 5.20. The molecule has 92 valence electrons. The first-order valence-corrected chi connectivity index (χ1v) is 4.98. The summed E-state index contributed by atoms with van der Waals surface area (Å²) in [6.07, 6.45) is 0. The van der Waals surface area contributed by atoms with E-state index in [1.54, 1.807) is 7.11 Å². The average Bonchev–Trinajstić information content (AvgIpc) is 2.30. The molecule has 2 N–H and O–H groups in total. The van der Waals surface area contributed by atoms with Gasteiger partial charge in [0.25, 0.3) is 0 Å². The maximum absolute atomic E-state index is 5.20. The lowest BCUT2D eigenvalue weighted by Crippen LogP contribution is -2.42. The molecule has 0 radical (unpaired) electrons. The molecule has 5 heteroatoms. The predicted octanol–water partition coefficient (Wildman–Crippen LogP) is 1.77. The lowest BCUT2D eigenvalue weighted by Gasteiger charge is -2.25. The third kappa shape index (κ3) is 3.83. The van der Waals surface area contributed by atoms with Gasteiger partial charge in [-0.05, 0) is 17.7 Å². The van der Waals surface area contributed by atoms with Crippen molar-refractivity contribution in [3.8, 4) is 5.75 Å². The molecule has 0 aliphatic carbocycles. The lowest BCUT2D eigenvalue weighted by atomic mass is 10.1. The number of hydrogen-bond acceptors (Lipinski definition) is 3. The summed E-state index contributed by atoms with van der Waals surface area (Å²) in [6.45, 7) is 3.08. The molecule has 2 rings (SSSR count). The highest BCUT2D eigenvalue weighted by Gasteiger charge is 2.13. The first kappa shape index (κ1) is 15.5. The van der Waals surface area contributed by atoms with Crippen molar-refractivity contribution in [2.24, 2.45) is 0 Å². The zero-order chi connectivity index (χ0) is 9.80. The van der Waals surface area contributed by atoms with Gasteiger partial charge in [-0.1, -0.05) is 12.1 Å². The summed E-state index contributed by atoms with van der Waals surface area (Å²) in [5.74, 6) is 0.926. The van der Waals surface area contributed by atoms with Crippen LogP contribution in [0.5, 0.6) is 5.75 Å². The number of nitrogens with one attached hydrogen (secondary N) is 2. The molecule has 0 bridgehead atoms. The van der Waals surface area contributed by atoms with Gasteiger partial charge in [0, 0.05) is 25.7 Å². The molecular formula is C11H18Cl2N2O. The van der Waals surface area contributed by atoms with Gasteiger partial charge >= 0.3 is 0 Å². The van der Waals surface area contributed by atoms with Crippen molar-refractivity contribution >= 4 is 24.8 Å². The van der Waals surface area contributed by atoms with Gasteiger partial charge in [-0.3, -0.25) is 0 Å². The monoisotopic (exact) mass is 264 g/mol. The molecule has 1 aromatic carbocycles. The molecule has 1 atom stereocenters. The first-order chi connectivity index (χ1) is 6.90. The Balaban J connectivity index is 0.00000112. The summed E-state index contributed by atoms with van der Waals surface area (Å²) in [6, 6.07) is 8.64. The number of rotatable bonds is 2. The highest BCUT2D eigenvalue weighted by atomic mass is 35.5. The van der Waals surface area contributed by atoms with Crippen LogP contribution in [0.15, 0.2) is 24.3 Å². The molecule has 1 aliphatic heterocycles. The second-order valence-corrected chi connectivity index (χ2v) is 3.49. The molecule has 16 heavy (non-hydrogen) atoms. The van der Waals surface area contributed by atoms with Crippen molar-refractivity contribution in [1.29, 1.82) is 0 Å². The van der Waals surface area contributed by atoms with Gasteiger partial charge in [-0.25, -0.2) is 0 Å². The number of benzene rings is 1. The van der Waals surface area contributed by atoms with Crippen LogP contribution in [0.4, 0.5) is 0 Å². The molecular weight excluding hydrogens is 247 g/mol. The van der Waals surface area contributed by atoms with Crippen LogP contribution in [0.1, 0.15) is 11.6 Å². The van der Waals surface area contributed by atoms with Crippen LogP contribution in [0.2, 0.25) is 0 Å². The Morgan fingerprint density at radius 1 is 1.25 bits per heavy atom. The van der Waals surface area contributed by atoms with Crippen molar-refractivity contribution in [3.63, 3.8) is 0 Å². The molecule has 0 spiro atoms. The van der Waals surface area contributed by atoms with Crippen molar-refractivity contribution < 1.29 is 4.74 Å². The summed E-state index contributed by atoms with van der Waals surface area (Å²) in [7, 11) is 1.70. The molecule has 1 heterocycles. The Morgan fingerprint density at radius 3 is 2.69 bits per heavy atom. The van der Waals surface area contributed by atoms with E-state index in [0.717, 1.165) is 25.4 Å². The summed E-state index contributed by atoms with van der Waals surface area (Å²) in [4.78, 5) is 0. The van der Waals surface area contributed by atoms with E-state index in [1.165, 1.54) is 5.56 Å². The van der Waals surface area contributed by atoms with Crippen molar-refractivity contribution in [1.82, 2.24) is 10.6 Å². The third-order valence-electron chi connectivity index (χ3n) is 2.54.